The average molecular weight is 246 g/mol. The summed E-state index contributed by atoms with van der Waals surface area (Å²) in [7, 11) is 2.28. The van der Waals surface area contributed by atoms with E-state index in [2.05, 4.69) is 44.3 Å². The maximum Gasteiger partial charge on any atom is 0.0218 e. The highest BCUT2D eigenvalue weighted by Crippen LogP contribution is 2.13. The molecule has 0 aliphatic rings. The van der Waals surface area contributed by atoms with Crippen LogP contribution in [0, 0.1) is 0 Å². The van der Waals surface area contributed by atoms with E-state index in [9.17, 15) is 0 Å². The van der Waals surface area contributed by atoms with Crippen molar-refractivity contribution in [1.29, 1.82) is 0 Å². The van der Waals surface area contributed by atoms with Crippen LogP contribution in [0.15, 0.2) is 0 Å². The van der Waals surface area contributed by atoms with Crippen molar-refractivity contribution in [2.75, 3.05) is 32.1 Å². The van der Waals surface area contributed by atoms with Gasteiger partial charge in [-0.15, -0.1) is 0 Å². The van der Waals surface area contributed by atoms with Crippen LogP contribution in [0.5, 0.6) is 0 Å². The number of rotatable bonds is 10. The standard InChI is InChI=1S/C13H30N2S/c1-6-9-14-10-12(7-2)15(4)13(8-3)11-16-5/h12-14H,6-11H2,1-5H3. The second-order valence-electron chi connectivity index (χ2n) is 4.45. The molecule has 1 N–H and O–H groups in total. The second-order valence-corrected chi connectivity index (χ2v) is 5.36. The lowest BCUT2D eigenvalue weighted by Crippen LogP contribution is -2.46. The maximum atomic E-state index is 3.54. The molecule has 0 bridgehead atoms. The molecule has 16 heavy (non-hydrogen) atoms. The smallest absolute Gasteiger partial charge is 0.0218 e. The zero-order valence-corrected chi connectivity index (χ0v) is 12.6. The van der Waals surface area contributed by atoms with E-state index in [1.165, 1.54) is 25.0 Å². The van der Waals surface area contributed by atoms with Crippen molar-refractivity contribution < 1.29 is 0 Å². The maximum absolute atomic E-state index is 3.54. The molecule has 3 heteroatoms. The SMILES string of the molecule is CCCNCC(CC)N(C)C(CC)CSC. The van der Waals surface area contributed by atoms with E-state index >= 15 is 0 Å². The molecule has 0 saturated carbocycles. The van der Waals surface area contributed by atoms with Crippen LogP contribution in [0.4, 0.5) is 0 Å². The Morgan fingerprint density at radius 3 is 2.19 bits per heavy atom. The van der Waals surface area contributed by atoms with Gasteiger partial charge in [0.1, 0.15) is 0 Å². The Kier molecular flexibility index (Phi) is 10.6. The molecular formula is C13H30N2S. The van der Waals surface area contributed by atoms with Crippen molar-refractivity contribution in [3.63, 3.8) is 0 Å². The molecule has 0 fully saturated rings. The van der Waals surface area contributed by atoms with Crippen LogP contribution in [0.3, 0.4) is 0 Å². The number of thioether (sulfide) groups is 1. The minimum absolute atomic E-state index is 0.684. The van der Waals surface area contributed by atoms with Crippen molar-refractivity contribution in [3.05, 3.63) is 0 Å². The van der Waals surface area contributed by atoms with Crippen molar-refractivity contribution >= 4 is 11.8 Å². The highest BCUT2D eigenvalue weighted by Gasteiger charge is 2.19. The van der Waals surface area contributed by atoms with E-state index in [0.717, 1.165) is 19.1 Å². The van der Waals surface area contributed by atoms with E-state index in [1.54, 1.807) is 0 Å². The Morgan fingerprint density at radius 2 is 1.75 bits per heavy atom. The van der Waals surface area contributed by atoms with E-state index < -0.39 is 0 Å². The summed E-state index contributed by atoms with van der Waals surface area (Å²) >= 11 is 1.96. The molecule has 2 atom stereocenters. The minimum Gasteiger partial charge on any atom is -0.315 e. The van der Waals surface area contributed by atoms with Crippen LogP contribution in [-0.4, -0.2) is 49.1 Å². The summed E-state index contributed by atoms with van der Waals surface area (Å²) < 4.78 is 0. The monoisotopic (exact) mass is 246 g/mol. The predicted octanol–water partition coefficient (Wildman–Crippen LogP) is 2.84. The summed E-state index contributed by atoms with van der Waals surface area (Å²) in [6.07, 6.45) is 5.91. The zero-order chi connectivity index (χ0) is 12.4. The zero-order valence-electron chi connectivity index (χ0n) is 11.8. The van der Waals surface area contributed by atoms with Crippen LogP contribution < -0.4 is 5.32 Å². The summed E-state index contributed by atoms with van der Waals surface area (Å²) in [5.41, 5.74) is 0. The first-order valence-electron chi connectivity index (χ1n) is 6.62. The number of nitrogens with zero attached hydrogens (tertiary/aromatic N) is 1. The Hall–Kier alpha value is 0.270. The van der Waals surface area contributed by atoms with Gasteiger partial charge in [0, 0.05) is 24.4 Å². The van der Waals surface area contributed by atoms with Gasteiger partial charge in [-0.1, -0.05) is 20.8 Å². The molecule has 0 saturated heterocycles. The van der Waals surface area contributed by atoms with Gasteiger partial charge < -0.3 is 5.32 Å². The molecule has 0 aromatic heterocycles. The molecule has 0 aliphatic heterocycles. The number of hydrogen-bond donors (Lipinski definition) is 1. The van der Waals surface area contributed by atoms with Gasteiger partial charge in [-0.2, -0.15) is 11.8 Å². The van der Waals surface area contributed by atoms with Crippen LogP contribution >= 0.6 is 11.8 Å². The molecule has 0 heterocycles. The normalized spacial score (nSPS) is 15.4. The van der Waals surface area contributed by atoms with Crippen LogP contribution in [0.2, 0.25) is 0 Å². The lowest BCUT2D eigenvalue weighted by molar-refractivity contribution is 0.174. The van der Waals surface area contributed by atoms with E-state index in [4.69, 9.17) is 0 Å². The highest BCUT2D eigenvalue weighted by atomic mass is 32.2. The molecule has 0 rings (SSSR count). The molecule has 2 unspecified atom stereocenters. The van der Waals surface area contributed by atoms with Gasteiger partial charge in [-0.05, 0) is 39.1 Å². The fourth-order valence-electron chi connectivity index (χ4n) is 2.04. The molecule has 0 aromatic rings. The van der Waals surface area contributed by atoms with E-state index in [-0.39, 0.29) is 0 Å². The third-order valence-corrected chi connectivity index (χ3v) is 3.98. The third kappa shape index (κ3) is 6.12. The van der Waals surface area contributed by atoms with E-state index in [0.29, 0.717) is 6.04 Å². The summed E-state index contributed by atoms with van der Waals surface area (Å²) in [5.74, 6) is 1.25. The summed E-state index contributed by atoms with van der Waals surface area (Å²) in [5, 5.41) is 3.54. The van der Waals surface area contributed by atoms with Gasteiger partial charge in [0.2, 0.25) is 0 Å². The molecule has 0 aliphatic carbocycles. The van der Waals surface area contributed by atoms with Crippen molar-refractivity contribution in [2.24, 2.45) is 0 Å². The van der Waals surface area contributed by atoms with Crippen molar-refractivity contribution in [2.45, 2.75) is 52.1 Å². The molecule has 0 radical (unpaired) electrons. The van der Waals surface area contributed by atoms with Gasteiger partial charge in [-0.25, -0.2) is 0 Å². The van der Waals surface area contributed by atoms with Gasteiger partial charge in [0.15, 0.2) is 0 Å². The quantitative estimate of drug-likeness (QED) is 0.597. The number of likely N-dealkylation sites (N-methyl/N-ethyl adjacent to an activating group) is 1. The Balaban J connectivity index is 4.09. The minimum atomic E-state index is 0.684. The fourth-order valence-corrected chi connectivity index (χ4v) is 2.89. The molecule has 2 nitrogen and oxygen atoms in total. The van der Waals surface area contributed by atoms with Crippen LogP contribution in [0.25, 0.3) is 0 Å². The molecular weight excluding hydrogens is 216 g/mol. The Labute approximate surface area is 107 Å². The Morgan fingerprint density at radius 1 is 1.12 bits per heavy atom. The largest absolute Gasteiger partial charge is 0.315 e. The van der Waals surface area contributed by atoms with Gasteiger partial charge >= 0.3 is 0 Å². The summed E-state index contributed by atoms with van der Waals surface area (Å²) in [6, 6.07) is 1.41. The van der Waals surface area contributed by atoms with Gasteiger partial charge in [0.05, 0.1) is 0 Å². The van der Waals surface area contributed by atoms with Crippen LogP contribution in [0.1, 0.15) is 40.0 Å². The van der Waals surface area contributed by atoms with Crippen molar-refractivity contribution in [3.8, 4) is 0 Å². The summed E-state index contributed by atoms with van der Waals surface area (Å²) in [6.45, 7) is 9.08. The first kappa shape index (κ1) is 16.3. The predicted molar refractivity (Wildman–Crippen MR) is 77.5 cm³/mol. The van der Waals surface area contributed by atoms with Gasteiger partial charge in [0.25, 0.3) is 0 Å². The third-order valence-electron chi connectivity index (χ3n) is 3.26. The molecule has 0 aromatic carbocycles. The lowest BCUT2D eigenvalue weighted by Gasteiger charge is -2.34. The highest BCUT2D eigenvalue weighted by molar-refractivity contribution is 7.98. The van der Waals surface area contributed by atoms with Crippen molar-refractivity contribution in [1.82, 2.24) is 10.2 Å². The Bertz CT molecular complexity index is 153. The number of hydrogen-bond acceptors (Lipinski definition) is 3. The molecule has 98 valence electrons. The molecule has 0 amide bonds. The lowest BCUT2D eigenvalue weighted by atomic mass is 10.1. The van der Waals surface area contributed by atoms with Crippen LogP contribution in [-0.2, 0) is 0 Å². The first-order chi connectivity index (χ1) is 7.71. The first-order valence-corrected chi connectivity index (χ1v) is 8.02. The molecule has 0 spiro atoms. The fraction of sp³-hybridized carbons (Fsp3) is 1.00. The topological polar surface area (TPSA) is 15.3 Å². The van der Waals surface area contributed by atoms with Gasteiger partial charge in [-0.3, -0.25) is 4.90 Å². The number of nitrogens with one attached hydrogen (secondary N) is 1. The van der Waals surface area contributed by atoms with E-state index in [1.807, 2.05) is 11.8 Å². The summed E-state index contributed by atoms with van der Waals surface area (Å²) in [4.78, 5) is 2.57. The second kappa shape index (κ2) is 10.4. The average Bonchev–Trinajstić information content (AvgIpc) is 2.31.